The van der Waals surface area contributed by atoms with Crippen LogP contribution in [0.25, 0.3) is 5.69 Å². The lowest BCUT2D eigenvalue weighted by Crippen LogP contribution is -2.35. The van der Waals surface area contributed by atoms with E-state index in [4.69, 9.17) is 9.47 Å². The number of aromatic nitrogens is 2. The monoisotopic (exact) mass is 574 g/mol. The molecule has 222 valence electrons. The molecule has 2 amide bonds. The van der Waals surface area contributed by atoms with E-state index in [0.29, 0.717) is 37.9 Å². The normalized spacial score (nSPS) is 18.6. The Morgan fingerprint density at radius 2 is 1.83 bits per heavy atom. The summed E-state index contributed by atoms with van der Waals surface area (Å²) in [5.41, 5.74) is 3.68. The van der Waals surface area contributed by atoms with Gasteiger partial charge in [0.05, 0.1) is 18.9 Å². The number of aliphatic hydroxyl groups is 1. The topological polar surface area (TPSA) is 115 Å². The minimum absolute atomic E-state index is 0.0386. The molecule has 0 aliphatic carbocycles. The van der Waals surface area contributed by atoms with Gasteiger partial charge in [0.25, 0.3) is 11.5 Å². The zero-order valence-electron chi connectivity index (χ0n) is 24.1. The van der Waals surface area contributed by atoms with Gasteiger partial charge in [-0.25, -0.2) is 4.68 Å². The maximum absolute atomic E-state index is 13.8. The maximum atomic E-state index is 13.8. The zero-order valence-corrected chi connectivity index (χ0v) is 24.1. The van der Waals surface area contributed by atoms with Gasteiger partial charge >= 0.3 is 0 Å². The van der Waals surface area contributed by atoms with Gasteiger partial charge in [-0.15, -0.1) is 0 Å². The van der Waals surface area contributed by atoms with Crippen molar-refractivity contribution >= 4 is 11.8 Å². The fraction of sp³-hybridized carbons (Fsp3) is 0.406. The van der Waals surface area contributed by atoms with Crippen molar-refractivity contribution < 1.29 is 24.2 Å². The smallest absolute Gasteiger partial charge is 0.286 e. The number of nitrogens with one attached hydrogen (secondary N) is 1. The molecule has 10 nitrogen and oxygen atoms in total. The molecular weight excluding hydrogens is 536 g/mol. The summed E-state index contributed by atoms with van der Waals surface area (Å²) in [4.78, 5) is 40.7. The molecular formula is C32H38N4O6. The second kappa shape index (κ2) is 13.2. The SMILES string of the molecule is Cc1c([C@@H]2C=C(C(=O)NCCCN3CCCC3=O)O[C@H](OCc3ccc(CO)cc3)C2)c(=O)n(-c2ccccc2)n1C. The molecule has 0 bridgehead atoms. The summed E-state index contributed by atoms with van der Waals surface area (Å²) in [6, 6.07) is 16.8. The van der Waals surface area contributed by atoms with Gasteiger partial charge in [0.2, 0.25) is 12.2 Å². The Labute approximate surface area is 245 Å². The van der Waals surface area contributed by atoms with Crippen LogP contribution in [0, 0.1) is 6.92 Å². The largest absolute Gasteiger partial charge is 0.459 e. The Morgan fingerprint density at radius 1 is 1.10 bits per heavy atom. The van der Waals surface area contributed by atoms with Crippen LogP contribution in [-0.2, 0) is 39.3 Å². The van der Waals surface area contributed by atoms with E-state index < -0.39 is 12.2 Å². The van der Waals surface area contributed by atoms with Gasteiger partial charge in [-0.3, -0.25) is 19.1 Å². The summed E-state index contributed by atoms with van der Waals surface area (Å²) < 4.78 is 15.6. The molecule has 0 saturated carbocycles. The molecule has 3 heterocycles. The Balaban J connectivity index is 1.35. The molecule has 0 spiro atoms. The van der Waals surface area contributed by atoms with E-state index in [9.17, 15) is 19.5 Å². The van der Waals surface area contributed by atoms with Gasteiger partial charge in [-0.1, -0.05) is 42.5 Å². The third-order valence-corrected chi connectivity index (χ3v) is 7.95. The van der Waals surface area contributed by atoms with E-state index in [2.05, 4.69) is 5.32 Å². The fourth-order valence-corrected chi connectivity index (χ4v) is 5.57. The minimum Gasteiger partial charge on any atom is -0.459 e. The number of para-hydroxylation sites is 1. The van der Waals surface area contributed by atoms with Crippen molar-refractivity contribution in [3.05, 3.63) is 99.2 Å². The third kappa shape index (κ3) is 6.50. The number of hydrogen-bond donors (Lipinski definition) is 2. The van der Waals surface area contributed by atoms with Gasteiger partial charge in [0.1, 0.15) is 0 Å². The van der Waals surface area contributed by atoms with Crippen molar-refractivity contribution in [3.63, 3.8) is 0 Å². The van der Waals surface area contributed by atoms with E-state index in [1.165, 1.54) is 0 Å². The highest BCUT2D eigenvalue weighted by Gasteiger charge is 2.33. The number of allylic oxidation sites excluding steroid dienone is 1. The van der Waals surface area contributed by atoms with Crippen molar-refractivity contribution in [2.75, 3.05) is 19.6 Å². The first-order valence-electron chi connectivity index (χ1n) is 14.4. The van der Waals surface area contributed by atoms with Crippen LogP contribution in [0.5, 0.6) is 0 Å². The first-order chi connectivity index (χ1) is 20.4. The number of carbonyl (C=O) groups is 2. The lowest BCUT2D eigenvalue weighted by molar-refractivity contribution is -0.150. The number of rotatable bonds is 11. The highest BCUT2D eigenvalue weighted by molar-refractivity contribution is 5.91. The van der Waals surface area contributed by atoms with Crippen molar-refractivity contribution in [2.45, 2.75) is 58.0 Å². The van der Waals surface area contributed by atoms with E-state index in [1.807, 2.05) is 78.2 Å². The molecule has 3 aromatic rings. The van der Waals surface area contributed by atoms with Crippen LogP contribution in [0.2, 0.25) is 0 Å². The highest BCUT2D eigenvalue weighted by atomic mass is 16.7. The maximum Gasteiger partial charge on any atom is 0.286 e. The highest BCUT2D eigenvalue weighted by Crippen LogP contribution is 2.32. The Kier molecular flexibility index (Phi) is 9.24. The van der Waals surface area contributed by atoms with Crippen molar-refractivity contribution in [2.24, 2.45) is 7.05 Å². The van der Waals surface area contributed by atoms with Gasteiger partial charge in [-0.2, -0.15) is 0 Å². The Morgan fingerprint density at radius 3 is 2.52 bits per heavy atom. The molecule has 1 aromatic heterocycles. The van der Waals surface area contributed by atoms with Crippen LogP contribution in [0.1, 0.15) is 54.0 Å². The van der Waals surface area contributed by atoms with Crippen LogP contribution in [-0.4, -0.2) is 57.1 Å². The molecule has 2 N–H and O–H groups in total. The number of carbonyl (C=O) groups excluding carboxylic acids is 2. The molecule has 2 aliphatic heterocycles. The molecule has 5 rings (SSSR count). The number of benzene rings is 2. The zero-order chi connectivity index (χ0) is 29.6. The lowest BCUT2D eigenvalue weighted by Gasteiger charge is -2.29. The molecule has 1 fully saturated rings. The Bertz CT molecular complexity index is 1490. The van der Waals surface area contributed by atoms with Gasteiger partial charge < -0.3 is 24.8 Å². The van der Waals surface area contributed by atoms with Crippen LogP contribution in [0.4, 0.5) is 0 Å². The summed E-state index contributed by atoms with van der Waals surface area (Å²) in [5, 5.41) is 12.2. The van der Waals surface area contributed by atoms with Crippen LogP contribution >= 0.6 is 0 Å². The average molecular weight is 575 g/mol. The summed E-state index contributed by atoms with van der Waals surface area (Å²) in [7, 11) is 1.85. The first-order valence-corrected chi connectivity index (χ1v) is 14.4. The molecule has 2 atom stereocenters. The predicted molar refractivity (Wildman–Crippen MR) is 157 cm³/mol. The van der Waals surface area contributed by atoms with E-state index in [1.54, 1.807) is 10.8 Å². The number of amides is 2. The van der Waals surface area contributed by atoms with Crippen molar-refractivity contribution in [1.29, 1.82) is 0 Å². The number of aliphatic hydroxyl groups excluding tert-OH is 1. The standard InChI is InChI=1S/C32H38N4O6/c1-22-30(32(40)36(34(22)2)26-8-4-3-5-9-26)25-18-27(31(39)33-15-7-17-35-16-6-10-28(35)38)42-29(19-25)41-21-24-13-11-23(20-37)12-14-24/h3-5,8-9,11-14,18,25,29,37H,6-7,10,15-17,19-21H2,1-2H3,(H,33,39)/t25-,29+/m1/s1. The molecule has 1 saturated heterocycles. The molecule has 2 aromatic carbocycles. The van der Waals surface area contributed by atoms with E-state index >= 15 is 0 Å². The predicted octanol–water partition coefficient (Wildman–Crippen LogP) is 3.04. The third-order valence-electron chi connectivity index (χ3n) is 7.95. The number of likely N-dealkylation sites (tertiary alicyclic amines) is 1. The minimum atomic E-state index is -0.760. The van der Waals surface area contributed by atoms with E-state index in [-0.39, 0.29) is 36.3 Å². The average Bonchev–Trinajstić information content (AvgIpc) is 3.52. The molecule has 2 aliphatic rings. The van der Waals surface area contributed by atoms with Gasteiger partial charge in [0.15, 0.2) is 5.76 Å². The summed E-state index contributed by atoms with van der Waals surface area (Å²) >= 11 is 0. The first kappa shape index (κ1) is 29.3. The summed E-state index contributed by atoms with van der Waals surface area (Å²) in [5.74, 6) is -0.525. The summed E-state index contributed by atoms with van der Waals surface area (Å²) in [6.07, 6.45) is 3.42. The van der Waals surface area contributed by atoms with Crippen LogP contribution < -0.4 is 10.9 Å². The fourth-order valence-electron chi connectivity index (χ4n) is 5.57. The number of nitrogens with zero attached hydrogens (tertiary/aromatic N) is 3. The van der Waals surface area contributed by atoms with Crippen LogP contribution in [0.3, 0.4) is 0 Å². The molecule has 10 heteroatoms. The number of hydrogen-bond acceptors (Lipinski definition) is 6. The van der Waals surface area contributed by atoms with Crippen LogP contribution in [0.15, 0.2) is 71.2 Å². The van der Waals surface area contributed by atoms with Crippen molar-refractivity contribution in [1.82, 2.24) is 19.6 Å². The van der Waals surface area contributed by atoms with Crippen molar-refractivity contribution in [3.8, 4) is 5.69 Å². The Hall–Kier alpha value is -4.15. The summed E-state index contributed by atoms with van der Waals surface area (Å²) in [6.45, 7) is 3.86. The second-order valence-electron chi connectivity index (χ2n) is 10.8. The quantitative estimate of drug-likeness (QED) is 0.340. The molecule has 42 heavy (non-hydrogen) atoms. The lowest BCUT2D eigenvalue weighted by atomic mass is 9.93. The second-order valence-corrected chi connectivity index (χ2v) is 10.8. The van der Waals surface area contributed by atoms with E-state index in [0.717, 1.165) is 35.5 Å². The van der Waals surface area contributed by atoms with Gasteiger partial charge in [-0.05, 0) is 49.1 Å². The molecule has 0 unspecified atom stereocenters. The number of ether oxygens (including phenoxy) is 2. The molecule has 0 radical (unpaired) electrons. The van der Waals surface area contributed by atoms with Gasteiger partial charge in [0, 0.05) is 56.7 Å².